The van der Waals surface area contributed by atoms with Crippen molar-refractivity contribution >= 4 is 24.1 Å². The highest BCUT2D eigenvalue weighted by Crippen LogP contribution is 2.12. The molecule has 1 aliphatic rings. The zero-order chi connectivity index (χ0) is 16.2. The SMILES string of the molecule is CC1CC(NC(=O)c2ccc(C(=O)c3cc[nH]c3)cc2)CCN1.Cl. The summed E-state index contributed by atoms with van der Waals surface area (Å²) in [7, 11) is 0. The van der Waals surface area contributed by atoms with E-state index in [1.54, 1.807) is 42.7 Å². The molecule has 3 rings (SSSR count). The van der Waals surface area contributed by atoms with Crippen LogP contribution in [0.5, 0.6) is 0 Å². The summed E-state index contributed by atoms with van der Waals surface area (Å²) in [5, 5.41) is 6.44. The van der Waals surface area contributed by atoms with E-state index in [2.05, 4.69) is 22.5 Å². The van der Waals surface area contributed by atoms with Crippen LogP contribution < -0.4 is 10.6 Å². The molecule has 1 aliphatic heterocycles. The highest BCUT2D eigenvalue weighted by Gasteiger charge is 2.20. The third-order valence-corrected chi connectivity index (χ3v) is 4.23. The van der Waals surface area contributed by atoms with Gasteiger partial charge in [0.05, 0.1) is 0 Å². The van der Waals surface area contributed by atoms with Crippen LogP contribution in [-0.2, 0) is 0 Å². The van der Waals surface area contributed by atoms with Crippen LogP contribution in [0.15, 0.2) is 42.7 Å². The Hall–Kier alpha value is -2.11. The molecule has 24 heavy (non-hydrogen) atoms. The van der Waals surface area contributed by atoms with Gasteiger partial charge in [-0.1, -0.05) is 12.1 Å². The van der Waals surface area contributed by atoms with Gasteiger partial charge in [-0.3, -0.25) is 9.59 Å². The molecule has 1 fully saturated rings. The van der Waals surface area contributed by atoms with E-state index in [1.807, 2.05) is 0 Å². The minimum atomic E-state index is -0.0789. The maximum absolute atomic E-state index is 12.3. The second kappa shape index (κ2) is 8.13. The van der Waals surface area contributed by atoms with Gasteiger partial charge in [0, 0.05) is 41.2 Å². The summed E-state index contributed by atoms with van der Waals surface area (Å²) >= 11 is 0. The number of ketones is 1. The van der Waals surface area contributed by atoms with E-state index < -0.39 is 0 Å². The number of amides is 1. The van der Waals surface area contributed by atoms with Crippen molar-refractivity contribution in [2.75, 3.05) is 6.54 Å². The average Bonchev–Trinajstić information content (AvgIpc) is 3.09. The lowest BCUT2D eigenvalue weighted by molar-refractivity contribution is 0.0924. The third kappa shape index (κ3) is 4.24. The van der Waals surface area contributed by atoms with Gasteiger partial charge in [-0.05, 0) is 44.5 Å². The summed E-state index contributed by atoms with van der Waals surface area (Å²) in [6, 6.07) is 9.20. The van der Waals surface area contributed by atoms with Crippen molar-refractivity contribution in [3.63, 3.8) is 0 Å². The van der Waals surface area contributed by atoms with Crippen molar-refractivity contribution in [3.05, 3.63) is 59.4 Å². The van der Waals surface area contributed by atoms with Gasteiger partial charge >= 0.3 is 0 Å². The van der Waals surface area contributed by atoms with E-state index in [-0.39, 0.29) is 30.1 Å². The number of hydrogen-bond donors (Lipinski definition) is 3. The first-order valence-corrected chi connectivity index (χ1v) is 7.95. The Bertz CT molecular complexity index is 683. The van der Waals surface area contributed by atoms with Crippen LogP contribution in [0.25, 0.3) is 0 Å². The zero-order valence-corrected chi connectivity index (χ0v) is 14.4. The molecule has 1 aromatic heterocycles. The maximum Gasteiger partial charge on any atom is 0.251 e. The minimum Gasteiger partial charge on any atom is -0.367 e. The molecular weight excluding hydrogens is 326 g/mol. The molecule has 128 valence electrons. The van der Waals surface area contributed by atoms with Gasteiger partial charge in [0.25, 0.3) is 5.91 Å². The smallest absolute Gasteiger partial charge is 0.251 e. The molecular formula is C18H22ClN3O2. The van der Waals surface area contributed by atoms with E-state index in [4.69, 9.17) is 0 Å². The highest BCUT2D eigenvalue weighted by molar-refractivity contribution is 6.09. The van der Waals surface area contributed by atoms with Gasteiger partial charge in [-0.15, -0.1) is 12.4 Å². The quantitative estimate of drug-likeness (QED) is 0.744. The largest absolute Gasteiger partial charge is 0.367 e. The summed E-state index contributed by atoms with van der Waals surface area (Å²) < 4.78 is 0. The predicted octanol–water partition coefficient (Wildman–Crippen LogP) is 2.54. The highest BCUT2D eigenvalue weighted by atomic mass is 35.5. The number of hydrogen-bond acceptors (Lipinski definition) is 3. The van der Waals surface area contributed by atoms with E-state index in [9.17, 15) is 9.59 Å². The number of piperidine rings is 1. The van der Waals surface area contributed by atoms with Crippen molar-refractivity contribution < 1.29 is 9.59 Å². The average molecular weight is 348 g/mol. The summed E-state index contributed by atoms with van der Waals surface area (Å²) in [6.45, 7) is 3.05. The molecule has 3 N–H and O–H groups in total. The Morgan fingerprint density at radius 1 is 1.08 bits per heavy atom. The fourth-order valence-corrected chi connectivity index (χ4v) is 2.94. The Labute approximate surface area is 147 Å². The van der Waals surface area contributed by atoms with Crippen LogP contribution in [-0.4, -0.2) is 35.3 Å². The van der Waals surface area contributed by atoms with Crippen LogP contribution in [0, 0.1) is 0 Å². The summed E-state index contributed by atoms with van der Waals surface area (Å²) in [5.74, 6) is -0.130. The lowest BCUT2D eigenvalue weighted by Gasteiger charge is -2.28. The molecule has 2 unspecified atom stereocenters. The van der Waals surface area contributed by atoms with Gasteiger partial charge in [0.15, 0.2) is 5.78 Å². The van der Waals surface area contributed by atoms with Gasteiger partial charge in [-0.2, -0.15) is 0 Å². The molecule has 1 aromatic carbocycles. The number of carbonyl (C=O) groups is 2. The monoisotopic (exact) mass is 347 g/mol. The Morgan fingerprint density at radius 2 is 1.79 bits per heavy atom. The van der Waals surface area contributed by atoms with Crippen LogP contribution in [0.1, 0.15) is 46.0 Å². The van der Waals surface area contributed by atoms with Crippen molar-refractivity contribution in [3.8, 4) is 0 Å². The molecule has 2 atom stereocenters. The van der Waals surface area contributed by atoms with Gasteiger partial charge in [-0.25, -0.2) is 0 Å². The molecule has 2 heterocycles. The number of nitrogens with one attached hydrogen (secondary N) is 3. The van der Waals surface area contributed by atoms with Gasteiger partial charge < -0.3 is 15.6 Å². The number of carbonyl (C=O) groups excluding carboxylic acids is 2. The van der Waals surface area contributed by atoms with Crippen LogP contribution in [0.2, 0.25) is 0 Å². The molecule has 2 aromatic rings. The lowest BCUT2D eigenvalue weighted by atomic mass is 10.00. The number of benzene rings is 1. The standard InChI is InChI=1S/C18H21N3O2.ClH/c1-12-10-16(7-9-20-12)21-18(23)14-4-2-13(3-5-14)17(22)15-6-8-19-11-15;/h2-6,8,11-12,16,19-20H,7,9-10H2,1H3,(H,21,23);1H. The Balaban J connectivity index is 0.00000208. The molecule has 0 spiro atoms. The van der Waals surface area contributed by atoms with Crippen LogP contribution in [0.4, 0.5) is 0 Å². The molecule has 1 saturated heterocycles. The fraction of sp³-hybridized carbons (Fsp3) is 0.333. The number of H-pyrrole nitrogens is 1. The van der Waals surface area contributed by atoms with Gasteiger partial charge in [0.1, 0.15) is 0 Å². The molecule has 6 heteroatoms. The Kier molecular flexibility index (Phi) is 6.17. The van der Waals surface area contributed by atoms with Crippen LogP contribution >= 0.6 is 12.4 Å². The Morgan fingerprint density at radius 3 is 2.42 bits per heavy atom. The molecule has 0 radical (unpaired) electrons. The number of aromatic nitrogens is 1. The molecule has 1 amide bonds. The first-order chi connectivity index (χ1) is 11.1. The zero-order valence-electron chi connectivity index (χ0n) is 13.5. The van der Waals surface area contributed by atoms with E-state index in [0.29, 0.717) is 22.7 Å². The third-order valence-electron chi connectivity index (χ3n) is 4.23. The minimum absolute atomic E-state index is 0. The predicted molar refractivity (Wildman–Crippen MR) is 95.9 cm³/mol. The summed E-state index contributed by atoms with van der Waals surface area (Å²) in [6.07, 6.45) is 5.27. The van der Waals surface area contributed by atoms with E-state index in [1.165, 1.54) is 0 Å². The molecule has 0 saturated carbocycles. The topological polar surface area (TPSA) is 74.0 Å². The van der Waals surface area contributed by atoms with Crippen molar-refractivity contribution in [2.24, 2.45) is 0 Å². The number of rotatable bonds is 4. The van der Waals surface area contributed by atoms with Gasteiger partial charge in [0.2, 0.25) is 0 Å². The fourth-order valence-electron chi connectivity index (χ4n) is 2.94. The number of halogens is 1. The first-order valence-electron chi connectivity index (χ1n) is 7.95. The number of aromatic amines is 1. The van der Waals surface area contributed by atoms with Crippen molar-refractivity contribution in [1.82, 2.24) is 15.6 Å². The molecule has 5 nitrogen and oxygen atoms in total. The summed E-state index contributed by atoms with van der Waals surface area (Å²) in [4.78, 5) is 27.4. The van der Waals surface area contributed by atoms with Crippen LogP contribution in [0.3, 0.4) is 0 Å². The van der Waals surface area contributed by atoms with E-state index >= 15 is 0 Å². The van der Waals surface area contributed by atoms with E-state index in [0.717, 1.165) is 19.4 Å². The lowest BCUT2D eigenvalue weighted by Crippen LogP contribution is -2.46. The maximum atomic E-state index is 12.3. The molecule has 0 aliphatic carbocycles. The van der Waals surface area contributed by atoms with Crippen molar-refractivity contribution in [2.45, 2.75) is 31.8 Å². The second-order valence-corrected chi connectivity index (χ2v) is 6.06. The normalized spacial score (nSPS) is 20.0. The molecule has 0 bridgehead atoms. The first kappa shape index (κ1) is 18.2. The second-order valence-electron chi connectivity index (χ2n) is 6.06. The summed E-state index contributed by atoms with van der Waals surface area (Å²) in [5.41, 5.74) is 1.78. The van der Waals surface area contributed by atoms with Crippen molar-refractivity contribution in [1.29, 1.82) is 0 Å².